The molecule has 0 radical (unpaired) electrons. The van der Waals surface area contributed by atoms with E-state index < -0.39 is 0 Å². The molecule has 5 rings (SSSR count). The molecule has 0 spiro atoms. The second-order valence-electron chi connectivity index (χ2n) is 7.47. The lowest BCUT2D eigenvalue weighted by atomic mass is 10.1. The number of hydrogen-bond acceptors (Lipinski definition) is 5. The fourth-order valence-electron chi connectivity index (χ4n) is 3.54. The lowest BCUT2D eigenvalue weighted by Gasteiger charge is -2.11. The number of amides is 1. The average molecular weight is 431 g/mol. The molecule has 0 bridgehead atoms. The first-order valence-electron chi connectivity index (χ1n) is 10.5. The minimum atomic E-state index is -0.173. The monoisotopic (exact) mass is 431 g/mol. The van der Waals surface area contributed by atoms with Crippen LogP contribution in [-0.2, 0) is 0 Å². The molecule has 1 amide bonds. The summed E-state index contributed by atoms with van der Waals surface area (Å²) in [4.78, 5) is 21.2. The smallest absolute Gasteiger partial charge is 0.255 e. The normalized spacial score (nSPS) is 10.5. The molecule has 2 aromatic heterocycles. The summed E-state index contributed by atoms with van der Waals surface area (Å²) in [5.41, 5.74) is 5.85. The van der Waals surface area contributed by atoms with Gasteiger partial charge in [-0.05, 0) is 66.7 Å². The van der Waals surface area contributed by atoms with E-state index in [2.05, 4.69) is 25.9 Å². The van der Waals surface area contributed by atoms with E-state index in [4.69, 9.17) is 0 Å². The Balaban J connectivity index is 1.28. The zero-order valence-electron chi connectivity index (χ0n) is 17.7. The molecular formula is C27H21N5O. The van der Waals surface area contributed by atoms with Gasteiger partial charge >= 0.3 is 0 Å². The van der Waals surface area contributed by atoms with Crippen molar-refractivity contribution in [3.63, 3.8) is 0 Å². The fourth-order valence-corrected chi connectivity index (χ4v) is 3.54. The van der Waals surface area contributed by atoms with Crippen LogP contribution in [-0.4, -0.2) is 15.9 Å². The van der Waals surface area contributed by atoms with E-state index in [9.17, 15) is 4.79 Å². The first-order chi connectivity index (χ1) is 16.2. The summed E-state index contributed by atoms with van der Waals surface area (Å²) in [7, 11) is 0. The van der Waals surface area contributed by atoms with E-state index in [1.165, 1.54) is 0 Å². The van der Waals surface area contributed by atoms with E-state index in [0.717, 1.165) is 39.3 Å². The van der Waals surface area contributed by atoms with Crippen molar-refractivity contribution in [2.24, 2.45) is 0 Å². The van der Waals surface area contributed by atoms with E-state index in [1.807, 2.05) is 84.9 Å². The molecule has 0 fully saturated rings. The summed E-state index contributed by atoms with van der Waals surface area (Å²) in [5, 5.41) is 10.7. The maximum absolute atomic E-state index is 12.8. The molecule has 0 unspecified atom stereocenters. The lowest BCUT2D eigenvalue weighted by molar-refractivity contribution is 0.102. The van der Waals surface area contributed by atoms with E-state index in [-0.39, 0.29) is 5.91 Å². The molecule has 6 nitrogen and oxygen atoms in total. The van der Waals surface area contributed by atoms with Gasteiger partial charge in [0.05, 0.1) is 5.52 Å². The standard InChI is InChI=1S/C27H21N5O/c33-27(32-21-10-8-20(9-11-21)30-22-12-15-28-16-13-22)19-4-3-5-23(18-19)31-26-14-17-29-25-7-2-1-6-24(25)26/h1-18H,(H,28,30)(H,29,31)(H,32,33). The highest BCUT2D eigenvalue weighted by Gasteiger charge is 2.08. The third-order valence-corrected chi connectivity index (χ3v) is 5.16. The maximum Gasteiger partial charge on any atom is 0.255 e. The lowest BCUT2D eigenvalue weighted by Crippen LogP contribution is -2.12. The zero-order chi connectivity index (χ0) is 22.5. The Morgan fingerprint density at radius 2 is 1.39 bits per heavy atom. The van der Waals surface area contributed by atoms with Gasteiger partial charge in [0.1, 0.15) is 0 Å². The first kappa shape index (κ1) is 20.2. The van der Waals surface area contributed by atoms with Crippen LogP contribution in [0.3, 0.4) is 0 Å². The van der Waals surface area contributed by atoms with Gasteiger partial charge in [-0.1, -0.05) is 24.3 Å². The maximum atomic E-state index is 12.8. The molecule has 0 aliphatic rings. The second-order valence-corrected chi connectivity index (χ2v) is 7.47. The molecule has 0 saturated carbocycles. The summed E-state index contributed by atoms with van der Waals surface area (Å²) < 4.78 is 0. The van der Waals surface area contributed by atoms with Crippen LogP contribution in [0.4, 0.5) is 28.4 Å². The number of carbonyl (C=O) groups excluding carboxylic acids is 1. The van der Waals surface area contributed by atoms with Crippen LogP contribution >= 0.6 is 0 Å². The quantitative estimate of drug-likeness (QED) is 0.291. The van der Waals surface area contributed by atoms with E-state index in [1.54, 1.807) is 24.7 Å². The number of pyridine rings is 2. The molecule has 3 N–H and O–H groups in total. The largest absolute Gasteiger partial charge is 0.355 e. The Hall–Kier alpha value is -4.71. The summed E-state index contributed by atoms with van der Waals surface area (Å²) in [6, 6.07) is 28.7. The van der Waals surface area contributed by atoms with Crippen LogP contribution < -0.4 is 16.0 Å². The molecule has 0 saturated heterocycles. The Kier molecular flexibility index (Phi) is 5.63. The van der Waals surface area contributed by atoms with Gasteiger partial charge < -0.3 is 16.0 Å². The number of fused-ring (bicyclic) bond motifs is 1. The highest BCUT2D eigenvalue weighted by Crippen LogP contribution is 2.25. The van der Waals surface area contributed by atoms with Crippen molar-refractivity contribution in [1.29, 1.82) is 0 Å². The Bertz CT molecular complexity index is 1400. The minimum Gasteiger partial charge on any atom is -0.355 e. The summed E-state index contributed by atoms with van der Waals surface area (Å²) >= 11 is 0. The molecule has 160 valence electrons. The minimum absolute atomic E-state index is 0.173. The molecule has 0 atom stereocenters. The van der Waals surface area contributed by atoms with Crippen LogP contribution in [0.5, 0.6) is 0 Å². The number of carbonyl (C=O) groups is 1. The average Bonchev–Trinajstić information content (AvgIpc) is 2.86. The Morgan fingerprint density at radius 3 is 2.24 bits per heavy atom. The highest BCUT2D eigenvalue weighted by atomic mass is 16.1. The summed E-state index contributed by atoms with van der Waals surface area (Å²) in [6.07, 6.45) is 5.24. The number of hydrogen-bond donors (Lipinski definition) is 3. The predicted molar refractivity (Wildman–Crippen MR) is 133 cm³/mol. The number of anilines is 5. The molecular weight excluding hydrogens is 410 g/mol. The summed E-state index contributed by atoms with van der Waals surface area (Å²) in [5.74, 6) is -0.173. The molecule has 6 heteroatoms. The van der Waals surface area contributed by atoms with Crippen molar-refractivity contribution >= 4 is 45.2 Å². The number of benzene rings is 3. The van der Waals surface area contributed by atoms with Crippen molar-refractivity contribution in [2.45, 2.75) is 0 Å². The van der Waals surface area contributed by atoms with Crippen LogP contribution in [0.25, 0.3) is 10.9 Å². The molecule has 2 heterocycles. The van der Waals surface area contributed by atoms with Gasteiger partial charge in [0.15, 0.2) is 0 Å². The number of nitrogens with one attached hydrogen (secondary N) is 3. The molecule has 5 aromatic rings. The van der Waals surface area contributed by atoms with Crippen molar-refractivity contribution in [2.75, 3.05) is 16.0 Å². The molecule has 0 aliphatic heterocycles. The fraction of sp³-hybridized carbons (Fsp3) is 0. The number of rotatable bonds is 6. The third-order valence-electron chi connectivity index (χ3n) is 5.16. The van der Waals surface area contributed by atoms with Gasteiger partial charge in [0.2, 0.25) is 0 Å². The van der Waals surface area contributed by atoms with Crippen molar-refractivity contribution < 1.29 is 4.79 Å². The van der Waals surface area contributed by atoms with Gasteiger partial charge in [-0.15, -0.1) is 0 Å². The van der Waals surface area contributed by atoms with Gasteiger partial charge in [-0.2, -0.15) is 0 Å². The predicted octanol–water partition coefficient (Wildman–Crippen LogP) is 6.37. The zero-order valence-corrected chi connectivity index (χ0v) is 17.7. The highest BCUT2D eigenvalue weighted by molar-refractivity contribution is 6.05. The van der Waals surface area contributed by atoms with Gasteiger partial charge in [0.25, 0.3) is 5.91 Å². The van der Waals surface area contributed by atoms with Crippen LogP contribution in [0.2, 0.25) is 0 Å². The van der Waals surface area contributed by atoms with Crippen LogP contribution in [0.1, 0.15) is 10.4 Å². The van der Waals surface area contributed by atoms with Gasteiger partial charge in [0, 0.05) is 58.0 Å². The second kappa shape index (κ2) is 9.20. The van der Waals surface area contributed by atoms with Crippen molar-refractivity contribution in [3.05, 3.63) is 115 Å². The topological polar surface area (TPSA) is 78.9 Å². The number of para-hydroxylation sites is 1. The van der Waals surface area contributed by atoms with Gasteiger partial charge in [-0.3, -0.25) is 14.8 Å². The third kappa shape index (κ3) is 4.80. The van der Waals surface area contributed by atoms with Crippen LogP contribution in [0.15, 0.2) is 110 Å². The summed E-state index contributed by atoms with van der Waals surface area (Å²) in [6.45, 7) is 0. The molecule has 33 heavy (non-hydrogen) atoms. The van der Waals surface area contributed by atoms with E-state index in [0.29, 0.717) is 5.56 Å². The number of nitrogens with zero attached hydrogens (tertiary/aromatic N) is 2. The first-order valence-corrected chi connectivity index (χ1v) is 10.5. The SMILES string of the molecule is O=C(Nc1ccc(Nc2ccncc2)cc1)c1cccc(Nc2ccnc3ccccc23)c1. The number of aromatic nitrogens is 2. The molecule has 0 aliphatic carbocycles. The van der Waals surface area contributed by atoms with Crippen molar-refractivity contribution in [3.8, 4) is 0 Å². The van der Waals surface area contributed by atoms with Gasteiger partial charge in [-0.25, -0.2) is 0 Å². The van der Waals surface area contributed by atoms with E-state index >= 15 is 0 Å². The Labute approximate surface area is 191 Å². The Morgan fingerprint density at radius 1 is 0.636 bits per heavy atom. The van der Waals surface area contributed by atoms with Crippen molar-refractivity contribution in [1.82, 2.24) is 9.97 Å². The molecule has 3 aromatic carbocycles. The van der Waals surface area contributed by atoms with Crippen LogP contribution in [0, 0.1) is 0 Å².